The van der Waals surface area contributed by atoms with E-state index >= 15 is 0 Å². The van der Waals surface area contributed by atoms with Gasteiger partial charge in [-0.3, -0.25) is 14.3 Å². The van der Waals surface area contributed by atoms with E-state index in [1.54, 1.807) is 5.38 Å². The molecular formula is C18H25N5O2S. The van der Waals surface area contributed by atoms with Crippen LogP contribution in [-0.2, 0) is 11.3 Å². The summed E-state index contributed by atoms with van der Waals surface area (Å²) < 4.78 is 1.87. The molecule has 0 radical (unpaired) electrons. The van der Waals surface area contributed by atoms with E-state index in [1.807, 2.05) is 32.4 Å². The van der Waals surface area contributed by atoms with Crippen LogP contribution in [-0.4, -0.2) is 32.6 Å². The number of nitrogens with one attached hydrogen (secondary N) is 2. The van der Waals surface area contributed by atoms with Crippen molar-refractivity contribution in [1.29, 1.82) is 0 Å². The van der Waals surface area contributed by atoms with Gasteiger partial charge in [0.1, 0.15) is 10.7 Å². The van der Waals surface area contributed by atoms with Gasteiger partial charge in [-0.15, -0.1) is 11.3 Å². The Balaban J connectivity index is 1.51. The van der Waals surface area contributed by atoms with Gasteiger partial charge in [-0.05, 0) is 46.1 Å². The van der Waals surface area contributed by atoms with Gasteiger partial charge in [0.25, 0.3) is 5.91 Å². The zero-order valence-electron chi connectivity index (χ0n) is 15.6. The molecule has 2 aromatic heterocycles. The Morgan fingerprint density at radius 1 is 1.35 bits per heavy atom. The minimum atomic E-state index is -0.225. The summed E-state index contributed by atoms with van der Waals surface area (Å²) in [6, 6.07) is 0.0833. The van der Waals surface area contributed by atoms with Gasteiger partial charge in [0.2, 0.25) is 5.91 Å². The fourth-order valence-corrected chi connectivity index (χ4v) is 3.47. The van der Waals surface area contributed by atoms with Crippen LogP contribution in [0.1, 0.15) is 64.7 Å². The second-order valence-corrected chi connectivity index (χ2v) is 7.77. The lowest BCUT2D eigenvalue weighted by Gasteiger charge is -2.11. The molecule has 1 saturated carbocycles. The van der Waals surface area contributed by atoms with Crippen molar-refractivity contribution in [3.05, 3.63) is 33.0 Å². The predicted molar refractivity (Wildman–Crippen MR) is 100 cm³/mol. The Labute approximate surface area is 157 Å². The number of hydrogen-bond acceptors (Lipinski definition) is 5. The highest BCUT2D eigenvalue weighted by Crippen LogP contribution is 2.21. The van der Waals surface area contributed by atoms with Crippen LogP contribution in [0.15, 0.2) is 5.38 Å². The van der Waals surface area contributed by atoms with Crippen LogP contribution in [0.3, 0.4) is 0 Å². The van der Waals surface area contributed by atoms with E-state index < -0.39 is 0 Å². The first-order valence-corrected chi connectivity index (χ1v) is 9.79. The summed E-state index contributed by atoms with van der Waals surface area (Å²) in [4.78, 5) is 28.6. The fourth-order valence-electron chi connectivity index (χ4n) is 2.66. The smallest absolute Gasteiger partial charge is 0.270 e. The highest BCUT2D eigenvalue weighted by atomic mass is 32.1. The third-order valence-corrected chi connectivity index (χ3v) is 5.74. The van der Waals surface area contributed by atoms with Gasteiger partial charge in [0, 0.05) is 30.1 Å². The number of aromatic nitrogens is 3. The number of carbonyl (C=O) groups excluding carboxylic acids is 2. The molecule has 0 spiro atoms. The van der Waals surface area contributed by atoms with Crippen molar-refractivity contribution in [3.63, 3.8) is 0 Å². The van der Waals surface area contributed by atoms with Crippen molar-refractivity contribution < 1.29 is 9.59 Å². The molecule has 2 N–H and O–H groups in total. The molecular weight excluding hydrogens is 350 g/mol. The maximum atomic E-state index is 12.2. The predicted octanol–water partition coefficient (Wildman–Crippen LogP) is 2.42. The van der Waals surface area contributed by atoms with E-state index in [0.717, 1.165) is 29.2 Å². The topological polar surface area (TPSA) is 88.9 Å². The van der Waals surface area contributed by atoms with Crippen LogP contribution in [0.5, 0.6) is 0 Å². The second-order valence-electron chi connectivity index (χ2n) is 6.88. The molecule has 2 aromatic rings. The van der Waals surface area contributed by atoms with Gasteiger partial charge in [0.05, 0.1) is 11.7 Å². The average Bonchev–Trinajstić information content (AvgIpc) is 3.20. The van der Waals surface area contributed by atoms with Crippen molar-refractivity contribution in [2.75, 3.05) is 0 Å². The number of thiazole rings is 1. The molecule has 1 aliphatic rings. The third-order valence-electron chi connectivity index (χ3n) is 4.71. The quantitative estimate of drug-likeness (QED) is 0.778. The first-order chi connectivity index (χ1) is 12.3. The summed E-state index contributed by atoms with van der Waals surface area (Å²) in [6.45, 7) is 8.45. The second kappa shape index (κ2) is 7.57. The molecule has 0 aliphatic heterocycles. The standard InChI is InChI=1S/C18H25N5O2S/c1-10-11(2)22-23(13(10)4)8-7-16(24)19-12(3)18-21-15(9-26-18)17(25)20-14-5-6-14/h9,12,14H,5-8H2,1-4H3,(H,19,24)(H,20,25)/t12-/m1/s1. The molecule has 0 saturated heterocycles. The largest absolute Gasteiger partial charge is 0.348 e. The Kier molecular flexibility index (Phi) is 5.41. The SMILES string of the molecule is Cc1nn(CCC(=O)N[C@H](C)c2nc(C(=O)NC3CC3)cs2)c(C)c1C. The molecule has 0 aromatic carbocycles. The maximum absolute atomic E-state index is 12.2. The van der Waals surface area contributed by atoms with E-state index in [-0.39, 0.29) is 17.9 Å². The van der Waals surface area contributed by atoms with Gasteiger partial charge in [-0.1, -0.05) is 0 Å². The lowest BCUT2D eigenvalue weighted by Crippen LogP contribution is -2.28. The first-order valence-electron chi connectivity index (χ1n) is 8.91. The molecule has 8 heteroatoms. The van der Waals surface area contributed by atoms with E-state index in [1.165, 1.54) is 16.9 Å². The van der Waals surface area contributed by atoms with Gasteiger partial charge in [-0.25, -0.2) is 4.98 Å². The van der Waals surface area contributed by atoms with Crippen molar-refractivity contribution >= 4 is 23.2 Å². The van der Waals surface area contributed by atoms with Crippen LogP contribution in [0.25, 0.3) is 0 Å². The van der Waals surface area contributed by atoms with Crippen LogP contribution >= 0.6 is 11.3 Å². The third kappa shape index (κ3) is 4.30. The van der Waals surface area contributed by atoms with E-state index in [0.29, 0.717) is 24.7 Å². The summed E-state index contributed by atoms with van der Waals surface area (Å²) >= 11 is 1.39. The summed E-state index contributed by atoms with van der Waals surface area (Å²) in [6.07, 6.45) is 2.44. The molecule has 1 fully saturated rings. The molecule has 140 valence electrons. The highest BCUT2D eigenvalue weighted by molar-refractivity contribution is 7.09. The van der Waals surface area contributed by atoms with Crippen molar-refractivity contribution in [2.24, 2.45) is 0 Å². The molecule has 1 aliphatic carbocycles. The van der Waals surface area contributed by atoms with Gasteiger partial charge in [-0.2, -0.15) is 5.10 Å². The number of rotatable bonds is 7. The maximum Gasteiger partial charge on any atom is 0.270 e. The molecule has 0 bridgehead atoms. The van der Waals surface area contributed by atoms with Crippen LogP contribution < -0.4 is 10.6 Å². The Morgan fingerprint density at radius 3 is 2.69 bits per heavy atom. The zero-order valence-corrected chi connectivity index (χ0v) is 16.4. The van der Waals surface area contributed by atoms with Gasteiger partial charge >= 0.3 is 0 Å². The minimum absolute atomic E-state index is 0.0538. The number of carbonyl (C=O) groups is 2. The zero-order chi connectivity index (χ0) is 18.8. The monoisotopic (exact) mass is 375 g/mol. The van der Waals surface area contributed by atoms with Crippen molar-refractivity contribution in [3.8, 4) is 0 Å². The molecule has 26 heavy (non-hydrogen) atoms. The van der Waals surface area contributed by atoms with Gasteiger partial charge < -0.3 is 10.6 Å². The minimum Gasteiger partial charge on any atom is -0.348 e. The fraction of sp³-hybridized carbons (Fsp3) is 0.556. The molecule has 2 heterocycles. The molecule has 3 rings (SSSR count). The lowest BCUT2D eigenvalue weighted by atomic mass is 10.2. The number of nitrogens with zero attached hydrogens (tertiary/aromatic N) is 3. The number of aryl methyl sites for hydroxylation is 2. The normalized spacial score (nSPS) is 14.9. The number of amides is 2. The Hall–Kier alpha value is -2.22. The van der Waals surface area contributed by atoms with Crippen LogP contribution in [0.4, 0.5) is 0 Å². The average molecular weight is 375 g/mol. The molecule has 2 amide bonds. The molecule has 7 nitrogen and oxygen atoms in total. The van der Waals surface area contributed by atoms with Crippen LogP contribution in [0, 0.1) is 20.8 Å². The first kappa shape index (κ1) is 18.6. The summed E-state index contributed by atoms with van der Waals surface area (Å²) in [7, 11) is 0. The summed E-state index contributed by atoms with van der Waals surface area (Å²) in [5.74, 6) is -0.185. The Morgan fingerprint density at radius 2 is 2.08 bits per heavy atom. The van der Waals surface area contributed by atoms with Gasteiger partial charge in [0.15, 0.2) is 0 Å². The van der Waals surface area contributed by atoms with E-state index in [9.17, 15) is 9.59 Å². The lowest BCUT2D eigenvalue weighted by molar-refractivity contribution is -0.122. The Bertz CT molecular complexity index is 822. The van der Waals surface area contributed by atoms with Crippen LogP contribution in [0.2, 0.25) is 0 Å². The summed E-state index contributed by atoms with van der Waals surface area (Å²) in [5, 5.41) is 12.8. The van der Waals surface area contributed by atoms with E-state index in [2.05, 4.69) is 20.7 Å². The highest BCUT2D eigenvalue weighted by Gasteiger charge is 2.25. The molecule has 1 atom stereocenters. The molecule has 0 unspecified atom stereocenters. The summed E-state index contributed by atoms with van der Waals surface area (Å²) in [5.41, 5.74) is 3.68. The van der Waals surface area contributed by atoms with Crippen molar-refractivity contribution in [2.45, 2.75) is 65.6 Å². The number of hydrogen-bond donors (Lipinski definition) is 2. The van der Waals surface area contributed by atoms with Crippen molar-refractivity contribution in [1.82, 2.24) is 25.4 Å². The van der Waals surface area contributed by atoms with E-state index in [4.69, 9.17) is 0 Å².